The van der Waals surface area contributed by atoms with E-state index in [1.165, 1.54) is 16.8 Å². The van der Waals surface area contributed by atoms with Gasteiger partial charge >= 0.3 is 14.8 Å². The Labute approximate surface area is 341 Å². The summed E-state index contributed by atoms with van der Waals surface area (Å²) in [5.41, 5.74) is 0.518. The number of carbonyl (C=O) groups is 2. The minimum absolute atomic E-state index is 0. The van der Waals surface area contributed by atoms with Crippen molar-refractivity contribution in [3.63, 3.8) is 0 Å². The number of aromatic carboxylic acids is 2. The number of hydrogen-bond donors (Lipinski definition) is 3. The van der Waals surface area contributed by atoms with Gasteiger partial charge in [-0.2, -0.15) is 0 Å². The largest absolute Gasteiger partial charge is 1.00 e. The van der Waals surface area contributed by atoms with Crippen molar-refractivity contribution in [2.45, 2.75) is 18.7 Å². The number of H-pyrrole nitrogens is 1. The van der Waals surface area contributed by atoms with E-state index in [9.17, 15) is 47.5 Å². The summed E-state index contributed by atoms with van der Waals surface area (Å²) >= 11 is 0. The van der Waals surface area contributed by atoms with Gasteiger partial charge in [0.25, 0.3) is 11.1 Å². The van der Waals surface area contributed by atoms with Crippen molar-refractivity contribution in [1.82, 2.24) is 19.6 Å². The van der Waals surface area contributed by atoms with Gasteiger partial charge in [-0.1, -0.05) is 49.9 Å². The van der Waals surface area contributed by atoms with E-state index >= 15 is 0 Å². The standard InChI is InChI=1S/C20H17N5O4.C17H14N4O6S.Cr/c1-3-17(26)21-13-8-10-14(11-9-13)25-19(27)18(12(2)24-25)23-22-16-7-5-4-6-15(16)20(28)29;1-10-15(16(22)21(20-10)11-5-3-2-4-6-11)19-18-14-8-7-12(28(25,26)27)9-13(14)17(23)24;/h3-11,24H,1H2,2H3,(H,21,26)(H,28,29);2-9H,1H3,(H3,18,20,22,23,24,25,26,27);/p-1. The maximum atomic E-state index is 12.7. The van der Waals surface area contributed by atoms with Crippen molar-refractivity contribution >= 4 is 56.4 Å². The smallest absolute Gasteiger partial charge is 0.859 e. The van der Waals surface area contributed by atoms with E-state index in [4.69, 9.17) is 0 Å². The van der Waals surface area contributed by atoms with Crippen LogP contribution in [0.3, 0.4) is 0 Å². The van der Waals surface area contributed by atoms with Gasteiger partial charge in [-0.3, -0.25) is 19.7 Å². The van der Waals surface area contributed by atoms with Gasteiger partial charge in [-0.15, -0.1) is 26.2 Å². The molecule has 0 atom stereocenters. The Bertz CT molecular complexity index is 2840. The molecule has 0 aliphatic rings. The number of benzene rings is 4. The molecule has 296 valence electrons. The summed E-state index contributed by atoms with van der Waals surface area (Å²) in [6, 6.07) is 23.8. The molecule has 0 bridgehead atoms. The fraction of sp³-hybridized carbons (Fsp3) is 0.0541. The molecule has 0 amide bonds. The maximum Gasteiger partial charge on any atom is 1.00 e. The normalized spacial score (nSPS) is 11.5. The number of aryl methyl sites for hydroxylation is 2. The number of nitrogens with one attached hydrogen (secondary N) is 1. The second kappa shape index (κ2) is 18.6. The van der Waals surface area contributed by atoms with Gasteiger partial charge in [0.2, 0.25) is 0 Å². The summed E-state index contributed by atoms with van der Waals surface area (Å²) in [5, 5.41) is 52.2. The molecule has 0 aliphatic carbocycles. The number of carboxylic acid groups (broad SMARTS) is 2. The second-order valence-electron chi connectivity index (χ2n) is 11.5. The number of hydrogen-bond acceptors (Lipinski definition) is 13. The predicted octanol–water partition coefficient (Wildman–Crippen LogP) is 5.51. The van der Waals surface area contributed by atoms with E-state index in [0.29, 0.717) is 28.8 Å². The number of para-hydroxylation sites is 1. The van der Waals surface area contributed by atoms with Crippen LogP contribution >= 0.6 is 0 Å². The maximum absolute atomic E-state index is 12.7. The summed E-state index contributed by atoms with van der Waals surface area (Å²) in [4.78, 5) is 51.0. The average molecular weight is 845 g/mol. The zero-order valence-electron chi connectivity index (χ0n) is 32.1. The summed E-state index contributed by atoms with van der Waals surface area (Å²) in [6.45, 7) is 6.55. The number of aromatic amines is 1. The molecule has 2 aromatic heterocycles. The average Bonchev–Trinajstić information content (AvgIpc) is 3.64. The molecule has 0 unspecified atom stereocenters. The first kappa shape index (κ1) is 43.4. The van der Waals surface area contributed by atoms with E-state index in [1.54, 1.807) is 80.6 Å². The van der Waals surface area contributed by atoms with Crippen molar-refractivity contribution in [2.75, 3.05) is 0 Å². The molecule has 0 saturated heterocycles. The minimum atomic E-state index is -4.83. The zero-order valence-corrected chi connectivity index (χ0v) is 32.2. The molecular weight excluding hydrogens is 815 g/mol. The SMILES string of the molecule is C=CC([O-])=Nc1ccc(-n2[nH]c(C)c(N=Nc3ccccc3C(=O)O)c2=O)cc1.Cc1[n-]n(-c2ccccc2)c(=O)c1N=Nc1ccc(S(=O)(=O)[O-])cc1C(=O)O.[Cr].[H+].[H+]. The third-order valence-corrected chi connectivity index (χ3v) is 8.52. The molecule has 2 heterocycles. The van der Waals surface area contributed by atoms with Crippen molar-refractivity contribution < 1.29 is 58.1 Å². The quantitative estimate of drug-likeness (QED) is 0.0632. The van der Waals surface area contributed by atoms with Gasteiger partial charge in [0, 0.05) is 23.0 Å². The summed E-state index contributed by atoms with van der Waals surface area (Å²) in [7, 11) is -4.83. The van der Waals surface area contributed by atoms with Crippen molar-refractivity contribution in [3.05, 3.63) is 153 Å². The van der Waals surface area contributed by atoms with Crippen molar-refractivity contribution in [3.8, 4) is 11.4 Å². The van der Waals surface area contributed by atoms with Crippen LogP contribution < -0.4 is 21.3 Å². The van der Waals surface area contributed by atoms with Gasteiger partial charge in [-0.25, -0.2) is 22.7 Å². The molecule has 0 radical (unpaired) electrons. The van der Waals surface area contributed by atoms with Crippen LogP contribution in [0.2, 0.25) is 0 Å². The summed E-state index contributed by atoms with van der Waals surface area (Å²) in [6.07, 6.45) is 1.10. The van der Waals surface area contributed by atoms with Crippen LogP contribution in [0.25, 0.3) is 11.4 Å². The Morgan fingerprint density at radius 3 is 1.98 bits per heavy atom. The van der Waals surface area contributed by atoms with Gasteiger partial charge < -0.3 is 29.7 Å². The molecule has 0 aliphatic heterocycles. The third kappa shape index (κ3) is 10.1. The summed E-state index contributed by atoms with van der Waals surface area (Å²) in [5.74, 6) is -3.10. The molecule has 0 fully saturated rings. The number of aliphatic imine (C=N–C) groups is 1. The van der Waals surface area contributed by atoms with Crippen LogP contribution in [-0.2, 0) is 27.5 Å². The molecule has 21 heteroatoms. The molecule has 58 heavy (non-hydrogen) atoms. The fourth-order valence-electron chi connectivity index (χ4n) is 4.92. The first-order valence-corrected chi connectivity index (χ1v) is 17.6. The van der Waals surface area contributed by atoms with Gasteiger partial charge in [-0.05, 0) is 79.6 Å². The molecule has 6 aromatic rings. The topological polar surface area (TPSA) is 291 Å². The Hall–Kier alpha value is -7.31. The summed E-state index contributed by atoms with van der Waals surface area (Å²) < 4.78 is 35.6. The molecule has 3 N–H and O–H groups in total. The van der Waals surface area contributed by atoms with Gasteiger partial charge in [0.15, 0.2) is 5.69 Å². The van der Waals surface area contributed by atoms with Crippen molar-refractivity contribution in [1.29, 1.82) is 0 Å². The molecule has 0 saturated carbocycles. The molecular formula is C37H30CrN9O10S-. The number of nitrogens with zero attached hydrogens (tertiary/aromatic N) is 8. The Morgan fingerprint density at radius 1 is 0.793 bits per heavy atom. The first-order chi connectivity index (χ1) is 27.1. The van der Waals surface area contributed by atoms with Crippen LogP contribution in [0.5, 0.6) is 0 Å². The zero-order chi connectivity index (χ0) is 41.4. The fourth-order valence-corrected chi connectivity index (χ4v) is 5.42. The molecule has 6 rings (SSSR count). The predicted molar refractivity (Wildman–Crippen MR) is 204 cm³/mol. The van der Waals surface area contributed by atoms with E-state index in [-0.39, 0.29) is 54.2 Å². The molecule has 0 spiro atoms. The number of azo groups is 2. The number of aromatic nitrogens is 4. The van der Waals surface area contributed by atoms with Crippen LogP contribution in [0, 0.1) is 13.8 Å². The number of carboxylic acids is 2. The van der Waals surface area contributed by atoms with Gasteiger partial charge in [0.1, 0.15) is 27.2 Å². The third-order valence-electron chi connectivity index (χ3n) is 7.69. The molecule has 4 aromatic carbocycles. The van der Waals surface area contributed by atoms with Crippen LogP contribution in [0.15, 0.2) is 150 Å². The van der Waals surface area contributed by atoms with Crippen LogP contribution in [-0.4, -0.2) is 55.5 Å². The van der Waals surface area contributed by atoms with E-state index in [0.717, 1.165) is 22.9 Å². The molecule has 19 nitrogen and oxygen atoms in total. The van der Waals surface area contributed by atoms with Gasteiger partial charge in [0.05, 0.1) is 33.1 Å². The van der Waals surface area contributed by atoms with E-state index in [2.05, 4.69) is 42.2 Å². The Morgan fingerprint density at radius 2 is 1.38 bits per heavy atom. The monoisotopic (exact) mass is 844 g/mol. The minimum Gasteiger partial charge on any atom is -0.859 e. The van der Waals surface area contributed by atoms with Crippen molar-refractivity contribution in [2.24, 2.45) is 25.4 Å². The second-order valence-corrected chi connectivity index (χ2v) is 12.9. The Kier molecular flexibility index (Phi) is 13.9. The first-order valence-electron chi connectivity index (χ1n) is 16.2. The van der Waals surface area contributed by atoms with E-state index < -0.39 is 49.5 Å². The number of rotatable bonds is 11. The van der Waals surface area contributed by atoms with E-state index in [1.807, 2.05) is 0 Å². The van der Waals surface area contributed by atoms with Crippen LogP contribution in [0.1, 0.15) is 35.0 Å². The Balaban J connectivity index is 0.000000394. The van der Waals surface area contributed by atoms with Crippen LogP contribution in [0.4, 0.5) is 28.4 Å².